The molecule has 158 valence electrons. The molecule has 0 saturated heterocycles. The van der Waals surface area contributed by atoms with E-state index in [9.17, 15) is 9.90 Å². The highest BCUT2D eigenvalue weighted by Gasteiger charge is 2.42. The molecule has 1 saturated carbocycles. The maximum absolute atomic E-state index is 12.2. The van der Waals surface area contributed by atoms with E-state index in [1.54, 1.807) is 23.6 Å². The molecule has 1 amide bonds. The van der Waals surface area contributed by atoms with Crippen molar-refractivity contribution in [1.29, 1.82) is 0 Å². The van der Waals surface area contributed by atoms with Gasteiger partial charge in [-0.15, -0.1) is 0 Å². The Morgan fingerprint density at radius 1 is 1.30 bits per heavy atom. The first kappa shape index (κ1) is 20.0. The number of aromatic hydroxyl groups is 1. The highest BCUT2D eigenvalue weighted by atomic mass is 16.5. The number of benzene rings is 1. The number of amides is 1. The molecule has 6 N–H and O–H groups in total. The summed E-state index contributed by atoms with van der Waals surface area (Å²) >= 11 is 0. The van der Waals surface area contributed by atoms with Gasteiger partial charge in [0.1, 0.15) is 18.2 Å². The van der Waals surface area contributed by atoms with Crippen LogP contribution in [0.2, 0.25) is 0 Å². The van der Waals surface area contributed by atoms with Crippen LogP contribution in [0, 0.1) is 20.8 Å². The van der Waals surface area contributed by atoms with Gasteiger partial charge in [0, 0.05) is 16.5 Å². The van der Waals surface area contributed by atoms with Gasteiger partial charge >= 0.3 is 0 Å². The van der Waals surface area contributed by atoms with Crippen LogP contribution < -0.4 is 21.5 Å². The zero-order valence-corrected chi connectivity index (χ0v) is 17.7. The first-order valence-corrected chi connectivity index (χ1v) is 9.91. The number of phenols is 1. The van der Waals surface area contributed by atoms with Crippen molar-refractivity contribution in [3.8, 4) is 17.3 Å². The third kappa shape index (κ3) is 3.04. The summed E-state index contributed by atoms with van der Waals surface area (Å²) in [6, 6.07) is 5.25. The summed E-state index contributed by atoms with van der Waals surface area (Å²) in [6.07, 6.45) is 2.11. The van der Waals surface area contributed by atoms with E-state index >= 15 is 0 Å². The second-order valence-corrected chi connectivity index (χ2v) is 8.14. The van der Waals surface area contributed by atoms with Crippen molar-refractivity contribution in [1.82, 2.24) is 14.9 Å². The number of anilines is 1. The monoisotopic (exact) mass is 409 g/mol. The van der Waals surface area contributed by atoms with Gasteiger partial charge in [0.05, 0.1) is 16.8 Å². The first-order chi connectivity index (χ1) is 14.2. The van der Waals surface area contributed by atoms with E-state index in [-0.39, 0.29) is 22.7 Å². The molecule has 3 aromatic rings. The molecule has 2 heterocycles. The van der Waals surface area contributed by atoms with Crippen molar-refractivity contribution in [2.45, 2.75) is 39.2 Å². The summed E-state index contributed by atoms with van der Waals surface area (Å²) in [4.78, 5) is 17.0. The number of ether oxygens (including phenoxy) is 1. The molecule has 1 aromatic carbocycles. The summed E-state index contributed by atoms with van der Waals surface area (Å²) in [5.41, 5.74) is 15.7. The molecule has 30 heavy (non-hydrogen) atoms. The number of hydrogen-bond donors (Lipinski definition) is 4. The smallest absolute Gasteiger partial charge is 0.253 e. The van der Waals surface area contributed by atoms with Gasteiger partial charge in [-0.25, -0.2) is 0 Å². The molecule has 0 spiro atoms. The minimum atomic E-state index is -0.631. The second kappa shape index (κ2) is 6.91. The van der Waals surface area contributed by atoms with Crippen molar-refractivity contribution in [2.24, 2.45) is 5.73 Å². The number of nitrogens with two attached hydrogens (primary N) is 2. The number of phenolic OH excluding ortho intramolecular Hbond substituents is 1. The minimum Gasteiger partial charge on any atom is -0.508 e. The lowest BCUT2D eigenvalue weighted by atomic mass is 10.1. The van der Waals surface area contributed by atoms with Crippen molar-refractivity contribution < 1.29 is 14.6 Å². The number of nitrogens with zero attached hydrogens (tertiary/aromatic N) is 2. The fraction of sp³-hybridized carbons (Fsp3) is 0.364. The molecular weight excluding hydrogens is 382 g/mol. The number of rotatable bonds is 6. The van der Waals surface area contributed by atoms with E-state index < -0.39 is 5.91 Å². The number of likely N-dealkylation sites (N-methyl/N-ethyl adjacent to an activating group) is 1. The maximum atomic E-state index is 12.2. The fourth-order valence-electron chi connectivity index (χ4n) is 3.93. The minimum absolute atomic E-state index is 0.000873. The summed E-state index contributed by atoms with van der Waals surface area (Å²) in [7, 11) is 1.93. The number of aryl methyl sites for hydroxylation is 2. The van der Waals surface area contributed by atoms with Crippen LogP contribution in [0.3, 0.4) is 0 Å². The van der Waals surface area contributed by atoms with Crippen molar-refractivity contribution >= 4 is 22.8 Å². The van der Waals surface area contributed by atoms with E-state index in [1.165, 1.54) is 0 Å². The Labute approximate surface area is 174 Å². The van der Waals surface area contributed by atoms with Gasteiger partial charge in [-0.05, 0) is 58.4 Å². The molecule has 1 aliphatic rings. The summed E-state index contributed by atoms with van der Waals surface area (Å²) < 4.78 is 7.73. The van der Waals surface area contributed by atoms with Gasteiger partial charge in [0.25, 0.3) is 5.91 Å². The number of aromatic nitrogens is 2. The maximum Gasteiger partial charge on any atom is 0.253 e. The van der Waals surface area contributed by atoms with Crippen LogP contribution in [0.4, 0.5) is 5.82 Å². The molecule has 0 aliphatic heterocycles. The molecule has 4 rings (SSSR count). The zero-order valence-electron chi connectivity index (χ0n) is 17.7. The Kier molecular flexibility index (Phi) is 4.62. The average Bonchev–Trinajstić information content (AvgIpc) is 3.43. The molecule has 1 aliphatic carbocycles. The number of carbonyl (C=O) groups is 1. The van der Waals surface area contributed by atoms with Crippen LogP contribution in [0.15, 0.2) is 18.2 Å². The first-order valence-electron chi connectivity index (χ1n) is 9.91. The topological polar surface area (TPSA) is 128 Å². The molecule has 1 fully saturated rings. The predicted molar refractivity (Wildman–Crippen MR) is 116 cm³/mol. The number of primary amides is 1. The number of fused-ring (bicyclic) bond motifs is 1. The Morgan fingerprint density at radius 3 is 2.60 bits per heavy atom. The second-order valence-electron chi connectivity index (χ2n) is 8.14. The SMILES string of the molecule is CNC1(COc2nc3c(cc2C)c(C(N)=O)c(N)n3-c2c(C)ccc(O)c2C)CC1. The van der Waals surface area contributed by atoms with E-state index in [0.29, 0.717) is 34.8 Å². The largest absolute Gasteiger partial charge is 0.508 e. The number of nitrogens with one attached hydrogen (secondary N) is 1. The van der Waals surface area contributed by atoms with Gasteiger partial charge in [0.2, 0.25) is 5.88 Å². The Morgan fingerprint density at radius 2 is 2.00 bits per heavy atom. The zero-order chi connectivity index (χ0) is 21.8. The molecule has 0 unspecified atom stereocenters. The van der Waals surface area contributed by atoms with E-state index in [0.717, 1.165) is 24.0 Å². The summed E-state index contributed by atoms with van der Waals surface area (Å²) in [5.74, 6) is 0.168. The van der Waals surface area contributed by atoms with Crippen molar-refractivity contribution in [2.75, 3.05) is 19.4 Å². The number of carbonyl (C=O) groups excluding carboxylic acids is 1. The van der Waals surface area contributed by atoms with Crippen LogP contribution >= 0.6 is 0 Å². The Balaban J connectivity index is 1.95. The number of nitrogen functional groups attached to an aromatic ring is 1. The van der Waals surface area contributed by atoms with Gasteiger partial charge < -0.3 is 26.6 Å². The number of pyridine rings is 1. The molecule has 2 aromatic heterocycles. The summed E-state index contributed by atoms with van der Waals surface area (Å²) in [5, 5.41) is 14.1. The van der Waals surface area contributed by atoms with Gasteiger partial charge in [-0.2, -0.15) is 4.98 Å². The van der Waals surface area contributed by atoms with E-state index in [1.807, 2.05) is 27.0 Å². The van der Waals surface area contributed by atoms with Crippen molar-refractivity contribution in [3.63, 3.8) is 0 Å². The van der Waals surface area contributed by atoms with Crippen LogP contribution in [-0.4, -0.2) is 39.8 Å². The van der Waals surface area contributed by atoms with Gasteiger partial charge in [0.15, 0.2) is 5.65 Å². The molecular formula is C22H27N5O3. The molecule has 8 heteroatoms. The Bertz CT molecular complexity index is 1180. The average molecular weight is 409 g/mol. The molecule has 0 bridgehead atoms. The molecule has 8 nitrogen and oxygen atoms in total. The standard InChI is InChI=1S/C22H27N5O3/c1-11-5-6-15(28)13(3)17(11)27-18(23)16(19(24)29)14-9-12(2)21(26-20(14)27)30-10-22(25-4)7-8-22/h5-6,9,25,28H,7-8,10,23H2,1-4H3,(H2,24,29). The lowest BCUT2D eigenvalue weighted by molar-refractivity contribution is 0.100. The number of hydrogen-bond acceptors (Lipinski definition) is 6. The Hall–Kier alpha value is -3.26. The van der Waals surface area contributed by atoms with Gasteiger partial charge in [-0.3, -0.25) is 9.36 Å². The molecule has 0 radical (unpaired) electrons. The third-order valence-corrected chi connectivity index (χ3v) is 6.07. The lowest BCUT2D eigenvalue weighted by Gasteiger charge is -2.17. The van der Waals surface area contributed by atoms with E-state index in [4.69, 9.17) is 21.2 Å². The van der Waals surface area contributed by atoms with Crippen LogP contribution in [-0.2, 0) is 0 Å². The van der Waals surface area contributed by atoms with Crippen LogP contribution in [0.5, 0.6) is 11.6 Å². The van der Waals surface area contributed by atoms with Crippen molar-refractivity contribution in [3.05, 3.63) is 40.5 Å². The third-order valence-electron chi connectivity index (χ3n) is 6.07. The van der Waals surface area contributed by atoms with Gasteiger partial charge in [-0.1, -0.05) is 6.07 Å². The quantitative estimate of drug-likeness (QED) is 0.495. The highest BCUT2D eigenvalue weighted by Crippen LogP contribution is 2.38. The van der Waals surface area contributed by atoms with Crippen LogP contribution in [0.25, 0.3) is 16.7 Å². The fourth-order valence-corrected chi connectivity index (χ4v) is 3.93. The lowest BCUT2D eigenvalue weighted by Crippen LogP contribution is -2.34. The summed E-state index contributed by atoms with van der Waals surface area (Å²) in [6.45, 7) is 6.09. The normalized spacial score (nSPS) is 14.8. The van der Waals surface area contributed by atoms with Crippen LogP contribution in [0.1, 0.15) is 39.9 Å². The van der Waals surface area contributed by atoms with E-state index in [2.05, 4.69) is 5.32 Å². The molecule has 0 atom stereocenters. The highest BCUT2D eigenvalue weighted by molar-refractivity contribution is 6.11. The predicted octanol–water partition coefficient (Wildman–Crippen LogP) is 2.47.